The molecule has 0 radical (unpaired) electrons. The molecular formula is C13H15ClN2O4. The van der Waals surface area contributed by atoms with Crippen molar-refractivity contribution in [3.8, 4) is 5.75 Å². The number of non-ortho nitro benzene ring substituents is 1. The molecule has 1 aromatic carbocycles. The second-order valence-corrected chi connectivity index (χ2v) is 5.13. The molecule has 0 heterocycles. The summed E-state index contributed by atoms with van der Waals surface area (Å²) in [5.74, 6) is 0.214. The van der Waals surface area contributed by atoms with Gasteiger partial charge in [-0.2, -0.15) is 0 Å². The number of nitro groups is 1. The molecule has 0 saturated heterocycles. The first-order valence-corrected chi connectivity index (χ1v) is 6.76. The van der Waals surface area contributed by atoms with E-state index in [4.69, 9.17) is 16.3 Å². The first kappa shape index (κ1) is 14.6. The van der Waals surface area contributed by atoms with Gasteiger partial charge in [-0.15, -0.1) is 11.6 Å². The number of amides is 1. The molecule has 1 saturated carbocycles. The smallest absolute Gasteiger partial charge is 0.273 e. The maximum Gasteiger partial charge on any atom is 0.273 e. The Labute approximate surface area is 121 Å². The van der Waals surface area contributed by atoms with E-state index in [1.54, 1.807) is 0 Å². The van der Waals surface area contributed by atoms with Gasteiger partial charge in [-0.05, 0) is 25.3 Å². The van der Waals surface area contributed by atoms with Crippen molar-refractivity contribution in [3.63, 3.8) is 0 Å². The predicted octanol–water partition coefficient (Wildman–Crippen LogP) is 2.49. The van der Waals surface area contributed by atoms with E-state index >= 15 is 0 Å². The number of rotatable bonds is 5. The standard InChI is InChI=1S/C13H15ClN2O4/c1-20-11-7-9(16(18)19)3-4-10(11)12(17)15-13(8-14)5-2-6-13/h3-4,7H,2,5-6,8H2,1H3,(H,15,17). The zero-order valence-electron chi connectivity index (χ0n) is 11.0. The highest BCUT2D eigenvalue weighted by Gasteiger charge is 2.38. The van der Waals surface area contributed by atoms with Gasteiger partial charge < -0.3 is 10.1 Å². The zero-order valence-corrected chi connectivity index (χ0v) is 11.8. The number of nitrogens with one attached hydrogen (secondary N) is 1. The van der Waals surface area contributed by atoms with Crippen LogP contribution in [0.1, 0.15) is 29.6 Å². The monoisotopic (exact) mass is 298 g/mol. The van der Waals surface area contributed by atoms with Crippen molar-refractivity contribution >= 4 is 23.2 Å². The van der Waals surface area contributed by atoms with Crippen molar-refractivity contribution in [3.05, 3.63) is 33.9 Å². The number of nitro benzene ring substituents is 1. The largest absolute Gasteiger partial charge is 0.496 e. The third-order valence-corrected chi connectivity index (χ3v) is 4.10. The van der Waals surface area contributed by atoms with Gasteiger partial charge in [-0.25, -0.2) is 0 Å². The van der Waals surface area contributed by atoms with Crippen molar-refractivity contribution in [2.45, 2.75) is 24.8 Å². The number of ether oxygens (including phenoxy) is 1. The number of hydrogen-bond acceptors (Lipinski definition) is 4. The van der Waals surface area contributed by atoms with E-state index in [1.165, 1.54) is 25.3 Å². The van der Waals surface area contributed by atoms with Crippen LogP contribution in [-0.4, -0.2) is 29.4 Å². The molecule has 0 bridgehead atoms. The number of carbonyl (C=O) groups is 1. The second-order valence-electron chi connectivity index (χ2n) is 4.86. The van der Waals surface area contributed by atoms with E-state index in [0.29, 0.717) is 5.88 Å². The molecule has 108 valence electrons. The van der Waals surface area contributed by atoms with Crippen LogP contribution < -0.4 is 10.1 Å². The highest BCUT2D eigenvalue weighted by Crippen LogP contribution is 2.34. The fraction of sp³-hybridized carbons (Fsp3) is 0.462. The van der Waals surface area contributed by atoms with Gasteiger partial charge in [-0.3, -0.25) is 14.9 Å². The summed E-state index contributed by atoms with van der Waals surface area (Å²) < 4.78 is 5.06. The topological polar surface area (TPSA) is 81.5 Å². The lowest BCUT2D eigenvalue weighted by atomic mass is 9.78. The quantitative estimate of drug-likeness (QED) is 0.514. The van der Waals surface area contributed by atoms with Gasteiger partial charge in [0.05, 0.1) is 29.2 Å². The molecule has 20 heavy (non-hydrogen) atoms. The molecule has 2 rings (SSSR count). The second kappa shape index (κ2) is 5.66. The molecule has 6 nitrogen and oxygen atoms in total. The Balaban J connectivity index is 2.23. The summed E-state index contributed by atoms with van der Waals surface area (Å²) in [6.45, 7) is 0. The molecular weight excluding hydrogens is 284 g/mol. The number of methoxy groups -OCH3 is 1. The molecule has 0 aliphatic heterocycles. The molecule has 1 aromatic rings. The van der Waals surface area contributed by atoms with Gasteiger partial charge in [0.1, 0.15) is 5.75 Å². The van der Waals surface area contributed by atoms with Crippen molar-refractivity contribution in [2.24, 2.45) is 0 Å². The lowest BCUT2D eigenvalue weighted by Crippen LogP contribution is -2.55. The van der Waals surface area contributed by atoms with Crippen LogP contribution in [-0.2, 0) is 0 Å². The summed E-state index contributed by atoms with van der Waals surface area (Å²) in [7, 11) is 1.37. The Bertz CT molecular complexity index is 538. The van der Waals surface area contributed by atoms with Crippen LogP contribution in [0.2, 0.25) is 0 Å². The zero-order chi connectivity index (χ0) is 14.8. The number of alkyl halides is 1. The molecule has 0 spiro atoms. The number of carbonyl (C=O) groups excluding carboxylic acids is 1. The van der Waals surface area contributed by atoms with Crippen LogP contribution in [0, 0.1) is 10.1 Å². The first-order chi connectivity index (χ1) is 9.51. The maximum atomic E-state index is 12.3. The van der Waals surface area contributed by atoms with E-state index < -0.39 is 4.92 Å². The normalized spacial score (nSPS) is 16.1. The van der Waals surface area contributed by atoms with Crippen LogP contribution in [0.5, 0.6) is 5.75 Å². The highest BCUT2D eigenvalue weighted by atomic mass is 35.5. The fourth-order valence-electron chi connectivity index (χ4n) is 2.18. The van der Waals surface area contributed by atoms with E-state index in [9.17, 15) is 14.9 Å². The van der Waals surface area contributed by atoms with Gasteiger partial charge in [0.2, 0.25) is 0 Å². The minimum absolute atomic E-state index is 0.117. The van der Waals surface area contributed by atoms with Gasteiger partial charge in [-0.1, -0.05) is 0 Å². The molecule has 1 fully saturated rings. The SMILES string of the molecule is COc1cc([N+](=O)[O-])ccc1C(=O)NC1(CCl)CCC1. The Kier molecular flexibility index (Phi) is 4.13. The molecule has 1 aliphatic carbocycles. The Morgan fingerprint density at radius 1 is 1.55 bits per heavy atom. The number of nitrogens with zero attached hydrogens (tertiary/aromatic N) is 1. The third-order valence-electron chi connectivity index (χ3n) is 3.59. The summed E-state index contributed by atoms with van der Waals surface area (Å²) in [5, 5.41) is 13.6. The van der Waals surface area contributed by atoms with Crippen molar-refractivity contribution < 1.29 is 14.5 Å². The Morgan fingerprint density at radius 2 is 2.25 bits per heavy atom. The summed E-state index contributed by atoms with van der Waals surface area (Å²) in [4.78, 5) is 22.4. The maximum absolute atomic E-state index is 12.3. The Hall–Kier alpha value is -1.82. The van der Waals surface area contributed by atoms with Crippen molar-refractivity contribution in [2.75, 3.05) is 13.0 Å². The molecule has 1 aliphatic rings. The summed E-state index contributed by atoms with van der Waals surface area (Å²) in [6.07, 6.45) is 2.72. The van der Waals surface area contributed by atoms with Crippen molar-refractivity contribution in [1.29, 1.82) is 0 Å². The Morgan fingerprint density at radius 3 is 2.70 bits per heavy atom. The number of hydrogen-bond donors (Lipinski definition) is 1. The van der Waals surface area contributed by atoms with Crippen LogP contribution in [0.3, 0.4) is 0 Å². The van der Waals surface area contributed by atoms with Gasteiger partial charge in [0.25, 0.3) is 11.6 Å². The van der Waals surface area contributed by atoms with E-state index in [0.717, 1.165) is 19.3 Å². The average Bonchev–Trinajstić information content (AvgIpc) is 2.41. The van der Waals surface area contributed by atoms with Crippen LogP contribution >= 0.6 is 11.6 Å². The molecule has 0 aromatic heterocycles. The molecule has 1 N–H and O–H groups in total. The summed E-state index contributed by atoms with van der Waals surface area (Å²) >= 11 is 5.90. The minimum Gasteiger partial charge on any atom is -0.496 e. The van der Waals surface area contributed by atoms with E-state index in [2.05, 4.69) is 5.32 Å². The molecule has 0 atom stereocenters. The van der Waals surface area contributed by atoms with E-state index in [1.807, 2.05) is 0 Å². The summed E-state index contributed by atoms with van der Waals surface area (Å²) in [5.41, 5.74) is -0.200. The minimum atomic E-state index is -0.531. The first-order valence-electron chi connectivity index (χ1n) is 6.22. The van der Waals surface area contributed by atoms with Gasteiger partial charge >= 0.3 is 0 Å². The number of benzene rings is 1. The van der Waals surface area contributed by atoms with E-state index in [-0.39, 0.29) is 28.4 Å². The van der Waals surface area contributed by atoms with Crippen LogP contribution in [0.4, 0.5) is 5.69 Å². The highest BCUT2D eigenvalue weighted by molar-refractivity contribution is 6.19. The summed E-state index contributed by atoms with van der Waals surface area (Å²) in [6, 6.07) is 3.92. The lowest BCUT2D eigenvalue weighted by molar-refractivity contribution is -0.384. The molecule has 7 heteroatoms. The van der Waals surface area contributed by atoms with Crippen molar-refractivity contribution in [1.82, 2.24) is 5.32 Å². The average molecular weight is 299 g/mol. The van der Waals surface area contributed by atoms with Crippen LogP contribution in [0.25, 0.3) is 0 Å². The molecule has 0 unspecified atom stereocenters. The van der Waals surface area contributed by atoms with Gasteiger partial charge in [0.15, 0.2) is 0 Å². The predicted molar refractivity (Wildman–Crippen MR) is 74.4 cm³/mol. The fourth-order valence-corrected chi connectivity index (χ4v) is 2.52. The van der Waals surface area contributed by atoms with Crippen LogP contribution in [0.15, 0.2) is 18.2 Å². The van der Waals surface area contributed by atoms with Gasteiger partial charge in [0, 0.05) is 11.9 Å². The lowest BCUT2D eigenvalue weighted by Gasteiger charge is -2.41. The third kappa shape index (κ3) is 2.70. The number of halogens is 1. The molecule has 1 amide bonds.